The number of carbonyl (C=O) groups excluding carboxylic acids is 2. The second kappa shape index (κ2) is 14.6. The molecular formula is C27H37Cl2N3O5S. The number of para-hydroxylation sites is 2. The molecular weight excluding hydrogens is 549 g/mol. The SMILES string of the molecule is CC[C@H](C)NC(=O)[C@H](CC)N(Cc1ccc(Cl)c(Cl)c1)C(=O)CCCN(c1ccccc1OC)S(C)(=O)=O. The van der Waals surface area contributed by atoms with E-state index in [0.29, 0.717) is 27.9 Å². The van der Waals surface area contributed by atoms with E-state index in [-0.39, 0.29) is 43.8 Å². The number of hydrogen-bond acceptors (Lipinski definition) is 5. The Balaban J connectivity index is 2.28. The minimum atomic E-state index is -3.64. The molecule has 0 unspecified atom stereocenters. The summed E-state index contributed by atoms with van der Waals surface area (Å²) < 4.78 is 31.7. The zero-order valence-electron chi connectivity index (χ0n) is 22.5. The Morgan fingerprint density at radius 3 is 2.32 bits per heavy atom. The molecule has 0 spiro atoms. The molecule has 2 aromatic carbocycles. The van der Waals surface area contributed by atoms with Crippen LogP contribution in [0, 0.1) is 0 Å². The average molecular weight is 587 g/mol. The highest BCUT2D eigenvalue weighted by Crippen LogP contribution is 2.30. The number of nitrogens with zero attached hydrogens (tertiary/aromatic N) is 2. The van der Waals surface area contributed by atoms with Gasteiger partial charge in [0.25, 0.3) is 0 Å². The summed E-state index contributed by atoms with van der Waals surface area (Å²) in [5, 5.41) is 3.72. The quantitative estimate of drug-likeness (QED) is 0.326. The number of carbonyl (C=O) groups is 2. The molecule has 0 bridgehead atoms. The van der Waals surface area contributed by atoms with Gasteiger partial charge in [-0.25, -0.2) is 8.42 Å². The van der Waals surface area contributed by atoms with E-state index in [9.17, 15) is 18.0 Å². The highest BCUT2D eigenvalue weighted by Gasteiger charge is 2.30. The molecule has 0 heterocycles. The molecule has 0 radical (unpaired) electrons. The van der Waals surface area contributed by atoms with Crippen molar-refractivity contribution in [3.8, 4) is 5.75 Å². The summed E-state index contributed by atoms with van der Waals surface area (Å²) in [6.45, 7) is 5.96. The topological polar surface area (TPSA) is 96.0 Å². The van der Waals surface area contributed by atoms with Gasteiger partial charge >= 0.3 is 0 Å². The molecule has 210 valence electrons. The molecule has 0 aromatic heterocycles. The van der Waals surface area contributed by atoms with Crippen molar-refractivity contribution in [2.45, 2.75) is 65.1 Å². The molecule has 1 N–H and O–H groups in total. The van der Waals surface area contributed by atoms with Gasteiger partial charge in [0.15, 0.2) is 0 Å². The van der Waals surface area contributed by atoms with Gasteiger partial charge in [-0.05, 0) is 56.0 Å². The van der Waals surface area contributed by atoms with Crippen LogP contribution in [0.5, 0.6) is 5.75 Å². The van der Waals surface area contributed by atoms with Crippen LogP contribution in [0.3, 0.4) is 0 Å². The fourth-order valence-electron chi connectivity index (χ4n) is 4.01. The van der Waals surface area contributed by atoms with Crippen molar-refractivity contribution in [3.05, 3.63) is 58.1 Å². The summed E-state index contributed by atoms with van der Waals surface area (Å²) in [6.07, 6.45) is 2.56. The van der Waals surface area contributed by atoms with Gasteiger partial charge in [0.1, 0.15) is 11.8 Å². The van der Waals surface area contributed by atoms with Gasteiger partial charge in [0.05, 0.1) is 29.1 Å². The number of halogens is 2. The maximum Gasteiger partial charge on any atom is 0.243 e. The number of sulfonamides is 1. The summed E-state index contributed by atoms with van der Waals surface area (Å²) in [5.41, 5.74) is 1.13. The van der Waals surface area contributed by atoms with Crippen LogP contribution in [-0.2, 0) is 26.2 Å². The summed E-state index contributed by atoms with van der Waals surface area (Å²) in [5.74, 6) is -0.0870. The summed E-state index contributed by atoms with van der Waals surface area (Å²) in [6, 6.07) is 11.2. The smallest absolute Gasteiger partial charge is 0.243 e. The van der Waals surface area contributed by atoms with E-state index in [0.717, 1.165) is 18.2 Å². The van der Waals surface area contributed by atoms with Gasteiger partial charge < -0.3 is 15.0 Å². The van der Waals surface area contributed by atoms with Gasteiger partial charge in [-0.15, -0.1) is 0 Å². The first-order valence-electron chi connectivity index (χ1n) is 12.6. The number of nitrogens with one attached hydrogen (secondary N) is 1. The zero-order valence-corrected chi connectivity index (χ0v) is 24.9. The van der Waals surface area contributed by atoms with E-state index in [4.69, 9.17) is 27.9 Å². The molecule has 0 saturated carbocycles. The van der Waals surface area contributed by atoms with Crippen molar-refractivity contribution in [2.75, 3.05) is 24.2 Å². The third-order valence-corrected chi connectivity index (χ3v) is 8.15. The average Bonchev–Trinajstić information content (AvgIpc) is 2.87. The second-order valence-electron chi connectivity index (χ2n) is 9.12. The lowest BCUT2D eigenvalue weighted by Gasteiger charge is -2.32. The predicted molar refractivity (Wildman–Crippen MR) is 153 cm³/mol. The highest BCUT2D eigenvalue weighted by molar-refractivity contribution is 7.92. The van der Waals surface area contributed by atoms with Crippen LogP contribution >= 0.6 is 23.2 Å². The number of rotatable bonds is 14. The molecule has 38 heavy (non-hydrogen) atoms. The van der Waals surface area contributed by atoms with Gasteiger partial charge in [0.2, 0.25) is 21.8 Å². The van der Waals surface area contributed by atoms with Crippen LogP contribution < -0.4 is 14.4 Å². The van der Waals surface area contributed by atoms with Crippen LogP contribution in [0.2, 0.25) is 10.0 Å². The number of amides is 2. The van der Waals surface area contributed by atoms with Crippen molar-refractivity contribution < 1.29 is 22.7 Å². The maximum absolute atomic E-state index is 13.5. The van der Waals surface area contributed by atoms with Crippen molar-refractivity contribution in [1.29, 1.82) is 0 Å². The van der Waals surface area contributed by atoms with Crippen LogP contribution in [0.4, 0.5) is 5.69 Å². The third kappa shape index (κ3) is 8.78. The Morgan fingerprint density at radius 2 is 1.74 bits per heavy atom. The van der Waals surface area contributed by atoms with Crippen LogP contribution in [0.25, 0.3) is 0 Å². The van der Waals surface area contributed by atoms with Crippen molar-refractivity contribution >= 4 is 50.7 Å². The molecule has 8 nitrogen and oxygen atoms in total. The Labute approximate surface area is 236 Å². The lowest BCUT2D eigenvalue weighted by atomic mass is 10.1. The third-order valence-electron chi connectivity index (χ3n) is 6.23. The number of ether oxygens (including phenoxy) is 1. The first kappa shape index (κ1) is 31.7. The van der Waals surface area contributed by atoms with Crippen molar-refractivity contribution in [3.63, 3.8) is 0 Å². The summed E-state index contributed by atoms with van der Waals surface area (Å²) >= 11 is 12.3. The second-order valence-corrected chi connectivity index (χ2v) is 11.8. The molecule has 2 atom stereocenters. The zero-order chi connectivity index (χ0) is 28.5. The normalized spacial score (nSPS) is 12.9. The molecule has 0 fully saturated rings. The van der Waals surface area contributed by atoms with Gasteiger partial charge in [-0.2, -0.15) is 0 Å². The van der Waals surface area contributed by atoms with Gasteiger partial charge in [0, 0.05) is 25.6 Å². The molecule has 2 rings (SSSR count). The number of benzene rings is 2. The van der Waals surface area contributed by atoms with Crippen LogP contribution in [0.15, 0.2) is 42.5 Å². The lowest BCUT2D eigenvalue weighted by molar-refractivity contribution is -0.141. The number of hydrogen-bond donors (Lipinski definition) is 1. The molecule has 0 aliphatic rings. The van der Waals surface area contributed by atoms with Gasteiger partial charge in [-0.1, -0.05) is 55.2 Å². The first-order chi connectivity index (χ1) is 17.9. The summed E-state index contributed by atoms with van der Waals surface area (Å²) in [4.78, 5) is 28.2. The van der Waals surface area contributed by atoms with Crippen LogP contribution in [-0.4, -0.2) is 57.1 Å². The van der Waals surface area contributed by atoms with Crippen molar-refractivity contribution in [1.82, 2.24) is 10.2 Å². The number of methoxy groups -OCH3 is 1. The molecule has 2 aromatic rings. The Morgan fingerprint density at radius 1 is 1.05 bits per heavy atom. The Kier molecular flexibility index (Phi) is 12.2. The molecule has 0 saturated heterocycles. The van der Waals surface area contributed by atoms with E-state index in [1.54, 1.807) is 42.5 Å². The van der Waals surface area contributed by atoms with Gasteiger partial charge in [-0.3, -0.25) is 13.9 Å². The lowest BCUT2D eigenvalue weighted by Crippen LogP contribution is -2.50. The fraction of sp³-hybridized carbons (Fsp3) is 0.481. The monoisotopic (exact) mass is 585 g/mol. The number of anilines is 1. The van der Waals surface area contributed by atoms with E-state index >= 15 is 0 Å². The molecule has 2 amide bonds. The summed E-state index contributed by atoms with van der Waals surface area (Å²) in [7, 11) is -2.17. The highest BCUT2D eigenvalue weighted by atomic mass is 35.5. The fourth-order valence-corrected chi connectivity index (χ4v) is 5.30. The molecule has 0 aliphatic heterocycles. The molecule has 0 aliphatic carbocycles. The Hall–Kier alpha value is -2.49. The molecule has 11 heteroatoms. The van der Waals surface area contributed by atoms with E-state index in [1.807, 2.05) is 20.8 Å². The minimum absolute atomic E-state index is 0.0373. The Bertz CT molecular complexity index is 1210. The maximum atomic E-state index is 13.5. The van der Waals surface area contributed by atoms with E-state index in [1.165, 1.54) is 16.3 Å². The minimum Gasteiger partial charge on any atom is -0.495 e. The largest absolute Gasteiger partial charge is 0.495 e. The van der Waals surface area contributed by atoms with E-state index in [2.05, 4.69) is 5.32 Å². The standard InChI is InChI=1S/C27H37Cl2N3O5S/c1-6-19(3)30-27(34)23(7-2)31(18-20-14-15-21(28)22(29)17-20)26(33)13-10-16-32(38(5,35)36)24-11-8-9-12-25(24)37-4/h8-9,11-12,14-15,17,19,23H,6-7,10,13,16,18H2,1-5H3,(H,30,34)/t19-,23-/m0/s1. The predicted octanol–water partition coefficient (Wildman–Crippen LogP) is 5.27. The van der Waals surface area contributed by atoms with Crippen LogP contribution in [0.1, 0.15) is 52.0 Å². The first-order valence-corrected chi connectivity index (χ1v) is 15.2. The van der Waals surface area contributed by atoms with E-state index < -0.39 is 16.1 Å². The van der Waals surface area contributed by atoms with Crippen molar-refractivity contribution in [2.24, 2.45) is 0 Å².